The van der Waals surface area contributed by atoms with Gasteiger partial charge in [0.05, 0.1) is 24.5 Å². The van der Waals surface area contributed by atoms with Crippen molar-refractivity contribution in [3.05, 3.63) is 47.5 Å². The van der Waals surface area contributed by atoms with Crippen molar-refractivity contribution in [1.82, 2.24) is 15.2 Å². The minimum Gasteiger partial charge on any atom is -0.497 e. The number of halogens is 1. The summed E-state index contributed by atoms with van der Waals surface area (Å²) in [6.07, 6.45) is 0. The first-order valence-electron chi connectivity index (χ1n) is 8.38. The van der Waals surface area contributed by atoms with Crippen molar-refractivity contribution in [1.29, 1.82) is 0 Å². The molecule has 1 amide bonds. The third-order valence-electron chi connectivity index (χ3n) is 3.90. The van der Waals surface area contributed by atoms with E-state index in [0.717, 1.165) is 11.3 Å². The predicted octanol–water partition coefficient (Wildman–Crippen LogP) is 4.26. The summed E-state index contributed by atoms with van der Waals surface area (Å²) in [5, 5.41) is 10.4. The lowest BCUT2D eigenvalue weighted by atomic mass is 10.2. The molecule has 0 aliphatic heterocycles. The summed E-state index contributed by atoms with van der Waals surface area (Å²) in [5.74, 6) is 1.76. The van der Waals surface area contributed by atoms with E-state index in [2.05, 4.69) is 20.5 Å². The van der Waals surface area contributed by atoms with Crippen molar-refractivity contribution < 1.29 is 14.3 Å². The van der Waals surface area contributed by atoms with E-state index >= 15 is 0 Å². The van der Waals surface area contributed by atoms with Crippen molar-refractivity contribution >= 4 is 35.0 Å². The van der Waals surface area contributed by atoms with Gasteiger partial charge >= 0.3 is 0 Å². The maximum absolute atomic E-state index is 12.4. The molecule has 2 N–H and O–H groups in total. The lowest BCUT2D eigenvalue weighted by Crippen LogP contribution is -2.22. The van der Waals surface area contributed by atoms with E-state index < -0.39 is 5.25 Å². The molecule has 2 aromatic carbocycles. The molecule has 1 aromatic heterocycles. The Morgan fingerprint density at radius 2 is 1.93 bits per heavy atom. The van der Waals surface area contributed by atoms with Crippen LogP contribution in [0, 0.1) is 0 Å². The third-order valence-corrected chi connectivity index (χ3v) is 5.16. The molecule has 0 radical (unpaired) electrons. The number of nitrogens with zero attached hydrogens (tertiary/aromatic N) is 2. The Morgan fingerprint density at radius 1 is 1.18 bits per heavy atom. The average Bonchev–Trinajstić information content (AvgIpc) is 3.16. The highest BCUT2D eigenvalue weighted by atomic mass is 35.5. The van der Waals surface area contributed by atoms with E-state index in [1.54, 1.807) is 32.2 Å². The van der Waals surface area contributed by atoms with E-state index in [1.807, 2.05) is 24.3 Å². The number of nitrogens with one attached hydrogen (secondary N) is 2. The molecule has 0 saturated carbocycles. The number of thioether (sulfide) groups is 1. The highest BCUT2D eigenvalue weighted by molar-refractivity contribution is 8.00. The van der Waals surface area contributed by atoms with Gasteiger partial charge in [-0.3, -0.25) is 9.89 Å². The Kier molecular flexibility index (Phi) is 6.43. The number of aromatic nitrogens is 3. The molecule has 1 atom stereocenters. The number of benzene rings is 2. The zero-order valence-corrected chi connectivity index (χ0v) is 17.1. The van der Waals surface area contributed by atoms with Gasteiger partial charge in [-0.2, -0.15) is 0 Å². The number of aromatic amines is 1. The molecule has 3 rings (SSSR count). The molecule has 1 heterocycles. The Morgan fingerprint density at radius 3 is 2.57 bits per heavy atom. The summed E-state index contributed by atoms with van der Waals surface area (Å²) in [6.45, 7) is 1.79. The number of ether oxygens (including phenoxy) is 2. The second kappa shape index (κ2) is 8.99. The molecule has 7 nitrogen and oxygen atoms in total. The summed E-state index contributed by atoms with van der Waals surface area (Å²) in [5.41, 5.74) is 1.47. The van der Waals surface area contributed by atoms with Crippen molar-refractivity contribution in [3.63, 3.8) is 0 Å². The van der Waals surface area contributed by atoms with E-state index in [-0.39, 0.29) is 5.91 Å². The van der Waals surface area contributed by atoms with Crippen molar-refractivity contribution in [3.8, 4) is 22.9 Å². The fourth-order valence-electron chi connectivity index (χ4n) is 2.38. The zero-order chi connectivity index (χ0) is 20.1. The first kappa shape index (κ1) is 20.0. The molecule has 0 unspecified atom stereocenters. The second-order valence-corrected chi connectivity index (χ2v) is 7.51. The fourth-order valence-corrected chi connectivity index (χ4v) is 3.36. The van der Waals surface area contributed by atoms with Crippen LogP contribution in [-0.2, 0) is 4.79 Å². The molecule has 28 heavy (non-hydrogen) atoms. The summed E-state index contributed by atoms with van der Waals surface area (Å²) in [4.78, 5) is 16.9. The van der Waals surface area contributed by atoms with Crippen molar-refractivity contribution in [2.75, 3.05) is 19.5 Å². The van der Waals surface area contributed by atoms with Crippen molar-refractivity contribution in [2.45, 2.75) is 17.3 Å². The van der Waals surface area contributed by atoms with Gasteiger partial charge in [-0.05, 0) is 49.4 Å². The normalized spacial score (nSPS) is 11.7. The molecule has 0 fully saturated rings. The number of H-pyrrole nitrogens is 1. The third kappa shape index (κ3) is 4.76. The van der Waals surface area contributed by atoms with E-state index in [4.69, 9.17) is 21.1 Å². The van der Waals surface area contributed by atoms with Gasteiger partial charge in [0.2, 0.25) is 11.1 Å². The van der Waals surface area contributed by atoms with Crippen LogP contribution >= 0.6 is 23.4 Å². The Bertz CT molecular complexity index is 962. The number of carbonyl (C=O) groups excluding carboxylic acids is 1. The summed E-state index contributed by atoms with van der Waals surface area (Å²) in [6, 6.07) is 12.5. The molecular formula is C19H19ClN4O3S. The lowest BCUT2D eigenvalue weighted by Gasteiger charge is -2.11. The van der Waals surface area contributed by atoms with Crippen LogP contribution in [0.4, 0.5) is 5.69 Å². The molecule has 0 aliphatic rings. The maximum Gasteiger partial charge on any atom is 0.237 e. The quantitative estimate of drug-likeness (QED) is 0.557. The molecule has 3 aromatic rings. The number of anilines is 1. The van der Waals surface area contributed by atoms with Gasteiger partial charge in [0.25, 0.3) is 0 Å². The van der Waals surface area contributed by atoms with Gasteiger partial charge in [-0.25, -0.2) is 4.98 Å². The summed E-state index contributed by atoms with van der Waals surface area (Å²) >= 11 is 7.35. The molecule has 0 spiro atoms. The summed E-state index contributed by atoms with van der Waals surface area (Å²) < 4.78 is 10.3. The van der Waals surface area contributed by atoms with Gasteiger partial charge in [0.15, 0.2) is 5.82 Å². The number of amides is 1. The highest BCUT2D eigenvalue weighted by Gasteiger charge is 2.18. The number of rotatable bonds is 7. The van der Waals surface area contributed by atoms with E-state index in [9.17, 15) is 4.79 Å². The largest absolute Gasteiger partial charge is 0.497 e. The van der Waals surface area contributed by atoms with Crippen LogP contribution < -0.4 is 14.8 Å². The van der Waals surface area contributed by atoms with Gasteiger partial charge in [-0.15, -0.1) is 5.10 Å². The lowest BCUT2D eigenvalue weighted by molar-refractivity contribution is -0.115. The first-order valence-corrected chi connectivity index (χ1v) is 9.64. The Balaban J connectivity index is 1.62. The van der Waals surface area contributed by atoms with Gasteiger partial charge in [0, 0.05) is 11.3 Å². The van der Waals surface area contributed by atoms with Crippen LogP contribution in [0.1, 0.15) is 6.92 Å². The standard InChI is InChI=1S/C19H19ClN4O3S/c1-11(18(25)21-13-6-9-16(27-3)15(20)10-13)28-19-22-17(23-24-19)12-4-7-14(26-2)8-5-12/h4-11H,1-3H3,(H,21,25)(H,22,23,24)/t11-/m1/s1. The van der Waals surface area contributed by atoms with Crippen LogP contribution in [0.3, 0.4) is 0 Å². The first-order chi connectivity index (χ1) is 13.5. The predicted molar refractivity (Wildman–Crippen MR) is 110 cm³/mol. The smallest absolute Gasteiger partial charge is 0.237 e. The second-order valence-electron chi connectivity index (χ2n) is 5.79. The van der Waals surface area contributed by atoms with Gasteiger partial charge in [-0.1, -0.05) is 23.4 Å². The minimum absolute atomic E-state index is 0.179. The van der Waals surface area contributed by atoms with Crippen LogP contribution in [0.15, 0.2) is 47.6 Å². The van der Waals surface area contributed by atoms with Crippen LogP contribution in [0.25, 0.3) is 11.4 Å². The molecule has 0 aliphatic carbocycles. The SMILES string of the molecule is COc1ccc(-c2nc(S[C@H](C)C(=O)Nc3ccc(OC)c(Cl)c3)n[nH]2)cc1. The number of hydrogen-bond acceptors (Lipinski definition) is 6. The molecular weight excluding hydrogens is 400 g/mol. The number of hydrogen-bond donors (Lipinski definition) is 2. The topological polar surface area (TPSA) is 89.1 Å². The van der Waals surface area contributed by atoms with Crippen LogP contribution in [0.5, 0.6) is 11.5 Å². The Labute approximate surface area is 171 Å². The zero-order valence-electron chi connectivity index (χ0n) is 15.5. The maximum atomic E-state index is 12.4. The van der Waals surface area contributed by atoms with Crippen molar-refractivity contribution in [2.24, 2.45) is 0 Å². The highest BCUT2D eigenvalue weighted by Crippen LogP contribution is 2.28. The van der Waals surface area contributed by atoms with Crippen LogP contribution in [0.2, 0.25) is 5.02 Å². The van der Waals surface area contributed by atoms with Gasteiger partial charge in [0.1, 0.15) is 11.5 Å². The summed E-state index contributed by atoms with van der Waals surface area (Å²) in [7, 11) is 3.15. The Hall–Kier alpha value is -2.71. The molecule has 146 valence electrons. The monoisotopic (exact) mass is 418 g/mol. The fraction of sp³-hybridized carbons (Fsp3) is 0.211. The minimum atomic E-state index is -0.402. The van der Waals surface area contributed by atoms with E-state index in [0.29, 0.717) is 27.4 Å². The van der Waals surface area contributed by atoms with Gasteiger partial charge < -0.3 is 14.8 Å². The molecule has 9 heteroatoms. The van der Waals surface area contributed by atoms with E-state index in [1.165, 1.54) is 18.9 Å². The average molecular weight is 419 g/mol. The van der Waals surface area contributed by atoms with Crippen LogP contribution in [-0.4, -0.2) is 40.6 Å². The molecule has 0 bridgehead atoms. The number of carbonyl (C=O) groups is 1. The molecule has 0 saturated heterocycles. The number of methoxy groups -OCH3 is 2.